The Morgan fingerprint density at radius 2 is 1.93 bits per heavy atom. The summed E-state index contributed by atoms with van der Waals surface area (Å²) >= 11 is 0. The van der Waals surface area contributed by atoms with E-state index in [0.29, 0.717) is 6.54 Å². The minimum absolute atomic E-state index is 0.0876. The molecule has 0 saturated heterocycles. The zero-order valence-corrected chi connectivity index (χ0v) is 10.3. The number of rotatable bonds is 6. The molecule has 0 aromatic heterocycles. The fourth-order valence-electron chi connectivity index (χ4n) is 1.32. The van der Waals surface area contributed by atoms with Crippen LogP contribution in [0.1, 0.15) is 34.1 Å². The minimum atomic E-state index is -0.272. The summed E-state index contributed by atoms with van der Waals surface area (Å²) in [4.78, 5) is 2.16. The second kappa shape index (κ2) is 6.38. The molecule has 0 aromatic rings. The quantitative estimate of drug-likeness (QED) is 0.676. The molecule has 1 unspecified atom stereocenters. The van der Waals surface area contributed by atoms with Gasteiger partial charge in [-0.05, 0) is 40.8 Å². The van der Waals surface area contributed by atoms with Crippen LogP contribution in [0.4, 0.5) is 0 Å². The van der Waals surface area contributed by atoms with Gasteiger partial charge in [0.1, 0.15) is 0 Å². The van der Waals surface area contributed by atoms with Gasteiger partial charge in [-0.25, -0.2) is 0 Å². The monoisotopic (exact) mass is 202 g/mol. The van der Waals surface area contributed by atoms with Gasteiger partial charge in [-0.1, -0.05) is 6.92 Å². The van der Waals surface area contributed by atoms with Gasteiger partial charge in [0.15, 0.2) is 0 Å². The van der Waals surface area contributed by atoms with Crippen LogP contribution in [0.2, 0.25) is 0 Å². The van der Waals surface area contributed by atoms with Gasteiger partial charge in [0.25, 0.3) is 0 Å². The zero-order chi connectivity index (χ0) is 11.2. The SMILES string of the molecule is CCCN(C)CC(O)CNC(C)(C)C. The molecule has 0 aliphatic rings. The third-order valence-corrected chi connectivity index (χ3v) is 2.00. The number of aliphatic hydroxyl groups is 1. The van der Waals surface area contributed by atoms with E-state index in [2.05, 4.69) is 37.9 Å². The Hall–Kier alpha value is -0.120. The smallest absolute Gasteiger partial charge is 0.0791 e. The third-order valence-electron chi connectivity index (χ3n) is 2.00. The van der Waals surface area contributed by atoms with Crippen LogP contribution in [-0.4, -0.2) is 48.3 Å². The lowest BCUT2D eigenvalue weighted by Gasteiger charge is -2.25. The van der Waals surface area contributed by atoms with E-state index in [0.717, 1.165) is 19.5 Å². The van der Waals surface area contributed by atoms with Gasteiger partial charge in [0.05, 0.1) is 6.10 Å². The minimum Gasteiger partial charge on any atom is -0.390 e. The molecule has 0 saturated carbocycles. The topological polar surface area (TPSA) is 35.5 Å². The van der Waals surface area contributed by atoms with E-state index in [9.17, 15) is 5.11 Å². The molecule has 3 nitrogen and oxygen atoms in total. The van der Waals surface area contributed by atoms with E-state index < -0.39 is 0 Å². The first-order valence-corrected chi connectivity index (χ1v) is 5.47. The molecule has 0 amide bonds. The molecule has 14 heavy (non-hydrogen) atoms. The third kappa shape index (κ3) is 8.48. The summed E-state index contributed by atoms with van der Waals surface area (Å²) in [6, 6.07) is 0. The zero-order valence-electron chi connectivity index (χ0n) is 10.3. The van der Waals surface area contributed by atoms with E-state index in [4.69, 9.17) is 0 Å². The summed E-state index contributed by atoms with van der Waals surface area (Å²) in [6.45, 7) is 10.9. The first-order valence-electron chi connectivity index (χ1n) is 5.47. The lowest BCUT2D eigenvalue weighted by atomic mass is 10.1. The lowest BCUT2D eigenvalue weighted by molar-refractivity contribution is 0.117. The molecule has 0 radical (unpaired) electrons. The van der Waals surface area contributed by atoms with E-state index in [1.165, 1.54) is 0 Å². The van der Waals surface area contributed by atoms with Crippen molar-refractivity contribution in [1.29, 1.82) is 0 Å². The molecule has 3 heteroatoms. The predicted molar refractivity (Wildman–Crippen MR) is 61.6 cm³/mol. The number of nitrogens with zero attached hydrogens (tertiary/aromatic N) is 1. The number of hydrogen-bond donors (Lipinski definition) is 2. The molecule has 0 spiro atoms. The van der Waals surface area contributed by atoms with E-state index in [1.54, 1.807) is 0 Å². The number of hydrogen-bond acceptors (Lipinski definition) is 3. The Morgan fingerprint density at radius 3 is 2.36 bits per heavy atom. The lowest BCUT2D eigenvalue weighted by Crippen LogP contribution is -2.44. The predicted octanol–water partition coefficient (Wildman–Crippen LogP) is 1.08. The average molecular weight is 202 g/mol. The number of aliphatic hydroxyl groups excluding tert-OH is 1. The first kappa shape index (κ1) is 13.9. The maximum Gasteiger partial charge on any atom is 0.0791 e. The van der Waals surface area contributed by atoms with Crippen molar-refractivity contribution in [2.45, 2.75) is 45.8 Å². The van der Waals surface area contributed by atoms with E-state index >= 15 is 0 Å². The van der Waals surface area contributed by atoms with Crippen molar-refractivity contribution in [3.63, 3.8) is 0 Å². The van der Waals surface area contributed by atoms with Crippen molar-refractivity contribution in [1.82, 2.24) is 10.2 Å². The molecular formula is C11H26N2O. The fourth-order valence-corrected chi connectivity index (χ4v) is 1.32. The Balaban J connectivity index is 3.59. The van der Waals surface area contributed by atoms with Gasteiger partial charge < -0.3 is 15.3 Å². The second-order valence-corrected chi connectivity index (χ2v) is 5.05. The largest absolute Gasteiger partial charge is 0.390 e. The highest BCUT2D eigenvalue weighted by molar-refractivity contribution is 4.73. The highest BCUT2D eigenvalue weighted by atomic mass is 16.3. The van der Waals surface area contributed by atoms with Crippen molar-refractivity contribution in [2.75, 3.05) is 26.7 Å². The summed E-state index contributed by atoms with van der Waals surface area (Å²) in [5.74, 6) is 0. The van der Waals surface area contributed by atoms with Gasteiger partial charge in [0.2, 0.25) is 0 Å². The molecule has 0 fully saturated rings. The summed E-state index contributed by atoms with van der Waals surface area (Å²) in [5.41, 5.74) is 0.0876. The molecule has 0 rings (SSSR count). The molecular weight excluding hydrogens is 176 g/mol. The maximum absolute atomic E-state index is 9.71. The first-order chi connectivity index (χ1) is 6.35. The molecule has 0 heterocycles. The molecule has 1 atom stereocenters. The van der Waals surface area contributed by atoms with Gasteiger partial charge in [-0.15, -0.1) is 0 Å². The molecule has 0 bridgehead atoms. The van der Waals surface area contributed by atoms with Crippen molar-refractivity contribution in [3.05, 3.63) is 0 Å². The van der Waals surface area contributed by atoms with Crippen LogP contribution in [0, 0.1) is 0 Å². The number of β-amino-alcohol motifs (C(OH)–C–C–N with tert-alkyl or cyclic N) is 1. The highest BCUT2D eigenvalue weighted by Crippen LogP contribution is 1.99. The summed E-state index contributed by atoms with van der Waals surface area (Å²) < 4.78 is 0. The summed E-state index contributed by atoms with van der Waals surface area (Å²) in [5, 5.41) is 13.0. The van der Waals surface area contributed by atoms with Gasteiger partial charge in [-0.3, -0.25) is 0 Å². The van der Waals surface area contributed by atoms with Crippen LogP contribution in [-0.2, 0) is 0 Å². The number of likely N-dealkylation sites (N-methyl/N-ethyl adjacent to an activating group) is 1. The van der Waals surface area contributed by atoms with Crippen LogP contribution >= 0.6 is 0 Å². The van der Waals surface area contributed by atoms with Crippen LogP contribution in [0.15, 0.2) is 0 Å². The van der Waals surface area contributed by atoms with Crippen molar-refractivity contribution < 1.29 is 5.11 Å². The maximum atomic E-state index is 9.71. The second-order valence-electron chi connectivity index (χ2n) is 5.05. The Kier molecular flexibility index (Phi) is 6.33. The van der Waals surface area contributed by atoms with E-state index in [-0.39, 0.29) is 11.6 Å². The molecule has 0 aromatic carbocycles. The van der Waals surface area contributed by atoms with Crippen LogP contribution in [0.3, 0.4) is 0 Å². The van der Waals surface area contributed by atoms with E-state index in [1.807, 2.05) is 7.05 Å². The summed E-state index contributed by atoms with van der Waals surface area (Å²) in [7, 11) is 2.05. The van der Waals surface area contributed by atoms with Crippen LogP contribution in [0.5, 0.6) is 0 Å². The van der Waals surface area contributed by atoms with Crippen LogP contribution < -0.4 is 5.32 Å². The summed E-state index contributed by atoms with van der Waals surface area (Å²) in [6.07, 6.45) is 0.862. The van der Waals surface area contributed by atoms with Gasteiger partial charge in [0, 0.05) is 18.6 Å². The van der Waals surface area contributed by atoms with Crippen molar-refractivity contribution >= 4 is 0 Å². The van der Waals surface area contributed by atoms with Gasteiger partial charge >= 0.3 is 0 Å². The Morgan fingerprint density at radius 1 is 1.36 bits per heavy atom. The Labute approximate surface area is 88.5 Å². The highest BCUT2D eigenvalue weighted by Gasteiger charge is 2.13. The molecule has 2 N–H and O–H groups in total. The molecule has 0 aliphatic heterocycles. The van der Waals surface area contributed by atoms with Crippen LogP contribution in [0.25, 0.3) is 0 Å². The standard InChI is InChI=1S/C11H26N2O/c1-6-7-13(5)9-10(14)8-12-11(2,3)4/h10,12,14H,6-9H2,1-5H3. The Bertz CT molecular complexity index is 143. The van der Waals surface area contributed by atoms with Crippen molar-refractivity contribution in [3.8, 4) is 0 Å². The normalized spacial score (nSPS) is 14.8. The molecule has 86 valence electrons. The fraction of sp³-hybridized carbons (Fsp3) is 1.00. The average Bonchev–Trinajstić information content (AvgIpc) is 2.00. The molecule has 0 aliphatic carbocycles. The van der Waals surface area contributed by atoms with Crippen molar-refractivity contribution in [2.24, 2.45) is 0 Å². The van der Waals surface area contributed by atoms with Gasteiger partial charge in [-0.2, -0.15) is 0 Å². The number of nitrogens with one attached hydrogen (secondary N) is 1.